The molecule has 1 saturated heterocycles. The summed E-state index contributed by atoms with van der Waals surface area (Å²) in [6, 6.07) is 0. The van der Waals surface area contributed by atoms with Crippen molar-refractivity contribution in [2.45, 2.75) is 45.1 Å². The van der Waals surface area contributed by atoms with Crippen LogP contribution in [0.15, 0.2) is 0 Å². The van der Waals surface area contributed by atoms with Crippen molar-refractivity contribution in [3.8, 4) is 0 Å². The lowest BCUT2D eigenvalue weighted by molar-refractivity contribution is 0.0120. The molecule has 110 valence electrons. The van der Waals surface area contributed by atoms with E-state index >= 15 is 0 Å². The maximum atomic E-state index is 6.20. The third-order valence-corrected chi connectivity index (χ3v) is 4.17. The summed E-state index contributed by atoms with van der Waals surface area (Å²) >= 11 is 0. The van der Waals surface area contributed by atoms with Gasteiger partial charge in [-0.1, -0.05) is 13.3 Å². The van der Waals surface area contributed by atoms with Crippen molar-refractivity contribution in [3.63, 3.8) is 0 Å². The average Bonchev–Trinajstić information content (AvgIpc) is 2.89. The predicted molar refractivity (Wildman–Crippen MR) is 78.6 cm³/mol. The molecule has 20 heavy (non-hydrogen) atoms. The van der Waals surface area contributed by atoms with Gasteiger partial charge in [-0.2, -0.15) is 5.10 Å². The van der Waals surface area contributed by atoms with Crippen molar-refractivity contribution >= 4 is 17.1 Å². The molecular formula is C14H23N5O. The first kappa shape index (κ1) is 13.4. The van der Waals surface area contributed by atoms with Crippen molar-refractivity contribution < 1.29 is 4.74 Å². The summed E-state index contributed by atoms with van der Waals surface area (Å²) in [7, 11) is 1.96. The number of hydrogen-bond acceptors (Lipinski definition) is 4. The lowest BCUT2D eigenvalue weighted by Gasteiger charge is -2.35. The molecular weight excluding hydrogens is 254 g/mol. The minimum absolute atomic E-state index is 0.131. The summed E-state index contributed by atoms with van der Waals surface area (Å²) in [5.41, 5.74) is 9.07. The van der Waals surface area contributed by atoms with Crippen molar-refractivity contribution in [3.05, 3.63) is 5.69 Å². The Bertz CT molecular complexity index is 621. The zero-order valence-corrected chi connectivity index (χ0v) is 12.5. The van der Waals surface area contributed by atoms with E-state index in [9.17, 15) is 0 Å². The largest absolute Gasteiger partial charge is 0.379 e. The van der Waals surface area contributed by atoms with Crippen LogP contribution < -0.4 is 5.73 Å². The maximum Gasteiger partial charge on any atom is 0.203 e. The number of aryl methyl sites for hydroxylation is 2. The fourth-order valence-electron chi connectivity index (χ4n) is 3.23. The second kappa shape index (κ2) is 4.77. The summed E-state index contributed by atoms with van der Waals surface area (Å²) < 4.78 is 9.70. The topological polar surface area (TPSA) is 70.9 Å². The molecule has 1 aliphatic heterocycles. The summed E-state index contributed by atoms with van der Waals surface area (Å²) in [4.78, 5) is 4.57. The summed E-state index contributed by atoms with van der Waals surface area (Å²) in [6.07, 6.45) is 4.09. The van der Waals surface area contributed by atoms with E-state index in [0.29, 0.717) is 12.6 Å². The van der Waals surface area contributed by atoms with Gasteiger partial charge >= 0.3 is 0 Å². The van der Waals surface area contributed by atoms with Gasteiger partial charge in [0.05, 0.1) is 17.8 Å². The van der Waals surface area contributed by atoms with Crippen LogP contribution in [0.25, 0.3) is 11.2 Å². The van der Waals surface area contributed by atoms with Gasteiger partial charge in [-0.05, 0) is 26.2 Å². The first-order valence-corrected chi connectivity index (χ1v) is 7.35. The van der Waals surface area contributed by atoms with Crippen LogP contribution in [0.5, 0.6) is 0 Å². The molecule has 2 N–H and O–H groups in total. The Morgan fingerprint density at radius 3 is 2.90 bits per heavy atom. The fourth-order valence-corrected chi connectivity index (χ4v) is 3.23. The number of nitrogens with two attached hydrogens (primary N) is 1. The van der Waals surface area contributed by atoms with Gasteiger partial charge in [0.15, 0.2) is 5.65 Å². The van der Waals surface area contributed by atoms with Gasteiger partial charge in [0.2, 0.25) is 5.95 Å². The number of hydrogen-bond donors (Lipinski definition) is 1. The number of nitrogens with zero attached hydrogens (tertiary/aromatic N) is 4. The average molecular weight is 277 g/mol. The second-order valence-electron chi connectivity index (χ2n) is 5.95. The normalized spacial score (nSPS) is 23.6. The molecule has 6 heteroatoms. The second-order valence-corrected chi connectivity index (χ2v) is 5.95. The highest BCUT2D eigenvalue weighted by atomic mass is 16.5. The molecule has 1 atom stereocenters. The van der Waals surface area contributed by atoms with Gasteiger partial charge in [0, 0.05) is 13.7 Å². The van der Waals surface area contributed by atoms with E-state index in [0.717, 1.165) is 49.1 Å². The van der Waals surface area contributed by atoms with Crippen LogP contribution in [0.1, 0.15) is 38.8 Å². The number of ether oxygens (including phenoxy) is 1. The molecule has 0 spiro atoms. The maximum absolute atomic E-state index is 6.20. The van der Waals surface area contributed by atoms with Crippen LogP contribution in [-0.4, -0.2) is 32.5 Å². The van der Waals surface area contributed by atoms with Gasteiger partial charge in [-0.15, -0.1) is 0 Å². The highest BCUT2D eigenvalue weighted by Gasteiger charge is 2.34. The number of rotatable bonds is 3. The molecule has 0 radical (unpaired) electrons. The van der Waals surface area contributed by atoms with E-state index in [1.54, 1.807) is 0 Å². The van der Waals surface area contributed by atoms with Gasteiger partial charge < -0.3 is 10.5 Å². The summed E-state index contributed by atoms with van der Waals surface area (Å²) in [5, 5.41) is 4.60. The Morgan fingerprint density at radius 2 is 2.25 bits per heavy atom. The molecule has 3 heterocycles. The van der Waals surface area contributed by atoms with Crippen LogP contribution in [-0.2, 0) is 23.7 Å². The molecule has 0 amide bonds. The smallest absolute Gasteiger partial charge is 0.203 e. The molecule has 0 bridgehead atoms. The molecule has 3 rings (SSSR count). The molecule has 6 nitrogen and oxygen atoms in total. The zero-order chi connectivity index (χ0) is 14.3. The Balaban J connectivity index is 2.17. The Kier molecular flexibility index (Phi) is 3.20. The van der Waals surface area contributed by atoms with Crippen molar-refractivity contribution in [2.75, 3.05) is 18.9 Å². The number of nitrogen functional groups attached to an aromatic ring is 1. The minimum atomic E-state index is -0.131. The molecule has 0 saturated carbocycles. The third-order valence-electron chi connectivity index (χ3n) is 4.17. The number of fused-ring (bicyclic) bond motifs is 1. The zero-order valence-electron chi connectivity index (χ0n) is 12.5. The molecule has 0 aromatic carbocycles. The molecule has 1 aliphatic rings. The first-order valence-electron chi connectivity index (χ1n) is 7.35. The third kappa shape index (κ3) is 1.90. The van der Waals surface area contributed by atoms with E-state index in [-0.39, 0.29) is 5.54 Å². The Hall–Kier alpha value is -1.56. The van der Waals surface area contributed by atoms with Crippen molar-refractivity contribution in [2.24, 2.45) is 7.05 Å². The van der Waals surface area contributed by atoms with E-state index in [2.05, 4.69) is 28.5 Å². The van der Waals surface area contributed by atoms with Crippen LogP contribution in [0.2, 0.25) is 0 Å². The van der Waals surface area contributed by atoms with Crippen molar-refractivity contribution in [1.29, 1.82) is 0 Å². The summed E-state index contributed by atoms with van der Waals surface area (Å²) in [6.45, 7) is 5.85. The van der Waals surface area contributed by atoms with E-state index in [4.69, 9.17) is 10.5 Å². The van der Waals surface area contributed by atoms with Crippen molar-refractivity contribution in [1.82, 2.24) is 19.3 Å². The highest BCUT2D eigenvalue weighted by molar-refractivity contribution is 5.78. The summed E-state index contributed by atoms with van der Waals surface area (Å²) in [5.74, 6) is 0.568. The van der Waals surface area contributed by atoms with Gasteiger partial charge in [0.1, 0.15) is 5.52 Å². The SMILES string of the molecule is CCCc1nn(C)c2c1nc(N)n2C1(C)CCCOC1. The van der Waals surface area contributed by atoms with Crippen LogP contribution in [0, 0.1) is 0 Å². The lowest BCUT2D eigenvalue weighted by Crippen LogP contribution is -2.40. The standard InChI is InChI=1S/C14H23N5O/c1-4-6-10-11-12(18(3)17-10)19(13(15)16-11)14(2)7-5-8-20-9-14/h4-9H2,1-3H3,(H2,15,16). The number of anilines is 1. The van der Waals surface area contributed by atoms with E-state index in [1.165, 1.54) is 0 Å². The predicted octanol–water partition coefficient (Wildman–Crippen LogP) is 1.83. The monoisotopic (exact) mass is 277 g/mol. The molecule has 2 aromatic heterocycles. The lowest BCUT2D eigenvalue weighted by atomic mass is 9.94. The molecule has 2 aromatic rings. The molecule has 1 fully saturated rings. The first-order chi connectivity index (χ1) is 9.57. The van der Waals surface area contributed by atoms with Gasteiger partial charge in [0.25, 0.3) is 0 Å². The minimum Gasteiger partial charge on any atom is -0.379 e. The molecule has 0 aliphatic carbocycles. The van der Waals surface area contributed by atoms with Crippen LogP contribution >= 0.6 is 0 Å². The van der Waals surface area contributed by atoms with Crippen LogP contribution in [0.4, 0.5) is 5.95 Å². The highest BCUT2D eigenvalue weighted by Crippen LogP contribution is 2.34. The number of aromatic nitrogens is 4. The molecule has 1 unspecified atom stereocenters. The fraction of sp³-hybridized carbons (Fsp3) is 0.714. The quantitative estimate of drug-likeness (QED) is 0.929. The number of imidazole rings is 1. The van der Waals surface area contributed by atoms with Crippen LogP contribution in [0.3, 0.4) is 0 Å². The Labute approximate surface area is 118 Å². The van der Waals surface area contributed by atoms with Gasteiger partial charge in [-0.25, -0.2) is 4.98 Å². The van der Waals surface area contributed by atoms with E-state index < -0.39 is 0 Å². The Morgan fingerprint density at radius 1 is 1.45 bits per heavy atom. The van der Waals surface area contributed by atoms with Gasteiger partial charge in [-0.3, -0.25) is 9.25 Å². The van der Waals surface area contributed by atoms with E-state index in [1.807, 2.05) is 11.7 Å².